The summed E-state index contributed by atoms with van der Waals surface area (Å²) in [5, 5.41) is 21.3. The van der Waals surface area contributed by atoms with Gasteiger partial charge in [-0.3, -0.25) is 14.6 Å². The van der Waals surface area contributed by atoms with E-state index in [1.165, 1.54) is 0 Å². The van der Waals surface area contributed by atoms with Gasteiger partial charge < -0.3 is 10.4 Å². The molecule has 2 saturated heterocycles. The molecule has 2 unspecified atom stereocenters. The summed E-state index contributed by atoms with van der Waals surface area (Å²) in [6.07, 6.45) is 4.43. The first kappa shape index (κ1) is 17.9. The summed E-state index contributed by atoms with van der Waals surface area (Å²) in [5.41, 5.74) is 1.21. The van der Waals surface area contributed by atoms with E-state index in [4.69, 9.17) is 5.26 Å². The molecule has 0 aliphatic carbocycles. The van der Waals surface area contributed by atoms with Crippen molar-refractivity contribution in [3.63, 3.8) is 0 Å². The van der Waals surface area contributed by atoms with Crippen molar-refractivity contribution in [1.82, 2.24) is 9.80 Å². The highest BCUT2D eigenvalue weighted by atomic mass is 16.3. The number of carbonyl (C=O) groups is 1. The zero-order valence-corrected chi connectivity index (χ0v) is 14.5. The van der Waals surface area contributed by atoms with Crippen LogP contribution in [0.1, 0.15) is 31.2 Å². The number of hydrogen-bond donors (Lipinski definition) is 2. The molecule has 2 atom stereocenters. The SMILES string of the molecule is N#Cc1cccc(NC(=O)CN2CCCC2CN2CCCC2CO)c1. The van der Waals surface area contributed by atoms with E-state index in [1.807, 2.05) is 0 Å². The van der Waals surface area contributed by atoms with Crippen molar-refractivity contribution in [2.45, 2.75) is 37.8 Å². The Labute approximate surface area is 149 Å². The third-order valence-electron chi connectivity index (χ3n) is 5.28. The fourth-order valence-electron chi connectivity index (χ4n) is 3.97. The van der Waals surface area contributed by atoms with Crippen LogP contribution in [0.15, 0.2) is 24.3 Å². The summed E-state index contributed by atoms with van der Waals surface area (Å²) < 4.78 is 0. The lowest BCUT2D eigenvalue weighted by Crippen LogP contribution is -2.45. The monoisotopic (exact) mass is 342 g/mol. The third kappa shape index (κ3) is 4.57. The predicted octanol–water partition coefficient (Wildman–Crippen LogP) is 1.42. The second-order valence-corrected chi connectivity index (χ2v) is 6.98. The van der Waals surface area contributed by atoms with Gasteiger partial charge >= 0.3 is 0 Å². The summed E-state index contributed by atoms with van der Waals surface area (Å²) in [4.78, 5) is 17.0. The largest absolute Gasteiger partial charge is 0.395 e. The van der Waals surface area contributed by atoms with Gasteiger partial charge in [-0.25, -0.2) is 0 Å². The average Bonchev–Trinajstić information content (AvgIpc) is 3.24. The van der Waals surface area contributed by atoms with Crippen LogP contribution in [-0.2, 0) is 4.79 Å². The molecule has 2 heterocycles. The Morgan fingerprint density at radius 1 is 1.24 bits per heavy atom. The Morgan fingerprint density at radius 2 is 2.00 bits per heavy atom. The number of benzene rings is 1. The van der Waals surface area contributed by atoms with Crippen molar-refractivity contribution in [2.24, 2.45) is 0 Å². The number of amides is 1. The van der Waals surface area contributed by atoms with Gasteiger partial charge in [0.1, 0.15) is 0 Å². The van der Waals surface area contributed by atoms with Crippen molar-refractivity contribution in [2.75, 3.05) is 38.1 Å². The molecule has 6 heteroatoms. The number of nitrogens with zero attached hydrogens (tertiary/aromatic N) is 3. The first-order valence-corrected chi connectivity index (χ1v) is 9.08. The molecule has 0 radical (unpaired) electrons. The van der Waals surface area contributed by atoms with E-state index in [0.717, 1.165) is 45.3 Å². The lowest BCUT2D eigenvalue weighted by Gasteiger charge is -2.30. The maximum absolute atomic E-state index is 12.4. The Kier molecular flexibility index (Phi) is 6.03. The minimum absolute atomic E-state index is 0.0397. The first-order chi connectivity index (χ1) is 12.2. The van der Waals surface area contributed by atoms with Gasteiger partial charge in [0.25, 0.3) is 0 Å². The Balaban J connectivity index is 1.54. The van der Waals surface area contributed by atoms with Crippen LogP contribution in [0.5, 0.6) is 0 Å². The number of aliphatic hydroxyl groups is 1. The van der Waals surface area contributed by atoms with Gasteiger partial charge in [0.2, 0.25) is 5.91 Å². The average molecular weight is 342 g/mol. The highest BCUT2D eigenvalue weighted by molar-refractivity contribution is 5.92. The summed E-state index contributed by atoms with van der Waals surface area (Å²) in [7, 11) is 0. The predicted molar refractivity (Wildman–Crippen MR) is 96.1 cm³/mol. The molecule has 1 aromatic carbocycles. The minimum Gasteiger partial charge on any atom is -0.395 e. The summed E-state index contributed by atoms with van der Waals surface area (Å²) in [6.45, 7) is 3.51. The molecule has 2 N–H and O–H groups in total. The van der Waals surface area contributed by atoms with Crippen molar-refractivity contribution in [3.05, 3.63) is 29.8 Å². The third-order valence-corrected chi connectivity index (χ3v) is 5.28. The van der Waals surface area contributed by atoms with Crippen LogP contribution in [0.4, 0.5) is 5.69 Å². The van der Waals surface area contributed by atoms with Gasteiger partial charge in [-0.15, -0.1) is 0 Å². The first-order valence-electron chi connectivity index (χ1n) is 9.08. The zero-order chi connectivity index (χ0) is 17.6. The smallest absolute Gasteiger partial charge is 0.238 e. The number of carbonyl (C=O) groups excluding carboxylic acids is 1. The number of nitrogens with one attached hydrogen (secondary N) is 1. The van der Waals surface area contributed by atoms with Gasteiger partial charge in [0.15, 0.2) is 0 Å². The summed E-state index contributed by atoms with van der Waals surface area (Å²) >= 11 is 0. The van der Waals surface area contributed by atoms with Gasteiger partial charge in [-0.2, -0.15) is 5.26 Å². The molecule has 2 fully saturated rings. The highest BCUT2D eigenvalue weighted by Gasteiger charge is 2.31. The number of anilines is 1. The number of aliphatic hydroxyl groups excluding tert-OH is 1. The fraction of sp³-hybridized carbons (Fsp3) is 0.579. The van der Waals surface area contributed by atoms with E-state index < -0.39 is 0 Å². The lowest BCUT2D eigenvalue weighted by molar-refractivity contribution is -0.117. The van der Waals surface area contributed by atoms with E-state index in [2.05, 4.69) is 21.2 Å². The molecule has 1 amide bonds. The zero-order valence-electron chi connectivity index (χ0n) is 14.5. The standard InChI is InChI=1S/C19H26N4O2/c20-11-15-4-1-5-16(10-15)21-19(25)13-23-9-2-6-17(23)12-22-8-3-7-18(22)14-24/h1,4-5,10,17-18,24H,2-3,6-9,12-14H2,(H,21,25). The van der Waals surface area contributed by atoms with Crippen molar-refractivity contribution >= 4 is 11.6 Å². The quantitative estimate of drug-likeness (QED) is 0.817. The molecule has 25 heavy (non-hydrogen) atoms. The van der Waals surface area contributed by atoms with Crippen molar-refractivity contribution < 1.29 is 9.90 Å². The molecular formula is C19H26N4O2. The number of likely N-dealkylation sites (tertiary alicyclic amines) is 2. The molecule has 2 aliphatic rings. The van der Waals surface area contributed by atoms with E-state index in [1.54, 1.807) is 24.3 Å². The van der Waals surface area contributed by atoms with E-state index in [9.17, 15) is 9.90 Å². The van der Waals surface area contributed by atoms with Crippen LogP contribution in [0.2, 0.25) is 0 Å². The fourth-order valence-corrected chi connectivity index (χ4v) is 3.97. The normalized spacial score (nSPS) is 24.3. The molecule has 0 bridgehead atoms. The molecule has 0 spiro atoms. The Hall–Kier alpha value is -1.94. The molecule has 2 aliphatic heterocycles. The van der Waals surface area contributed by atoms with E-state index in [-0.39, 0.29) is 18.6 Å². The van der Waals surface area contributed by atoms with Crippen LogP contribution in [0, 0.1) is 11.3 Å². The number of nitriles is 1. The second-order valence-electron chi connectivity index (χ2n) is 6.98. The molecular weight excluding hydrogens is 316 g/mol. The van der Waals surface area contributed by atoms with Crippen LogP contribution in [-0.4, -0.2) is 65.7 Å². The number of hydrogen-bond acceptors (Lipinski definition) is 5. The summed E-state index contributed by atoms with van der Waals surface area (Å²) in [5.74, 6) is -0.0397. The number of rotatable bonds is 6. The molecule has 3 rings (SSSR count). The molecule has 134 valence electrons. The summed E-state index contributed by atoms with van der Waals surface area (Å²) in [6, 6.07) is 9.73. The van der Waals surface area contributed by atoms with Gasteiger partial charge in [-0.05, 0) is 57.0 Å². The highest BCUT2D eigenvalue weighted by Crippen LogP contribution is 2.23. The Bertz CT molecular complexity index is 643. The van der Waals surface area contributed by atoms with Gasteiger partial charge in [0.05, 0.1) is 24.8 Å². The van der Waals surface area contributed by atoms with E-state index >= 15 is 0 Å². The lowest BCUT2D eigenvalue weighted by atomic mass is 10.2. The molecule has 0 saturated carbocycles. The van der Waals surface area contributed by atoms with Crippen LogP contribution in [0.3, 0.4) is 0 Å². The van der Waals surface area contributed by atoms with Crippen LogP contribution in [0.25, 0.3) is 0 Å². The Morgan fingerprint density at radius 3 is 2.76 bits per heavy atom. The van der Waals surface area contributed by atoms with E-state index in [0.29, 0.717) is 23.8 Å². The second kappa shape index (κ2) is 8.43. The van der Waals surface area contributed by atoms with Gasteiger partial charge in [0, 0.05) is 24.3 Å². The maximum atomic E-state index is 12.4. The van der Waals surface area contributed by atoms with Crippen molar-refractivity contribution in [1.29, 1.82) is 5.26 Å². The maximum Gasteiger partial charge on any atom is 0.238 e. The minimum atomic E-state index is -0.0397. The van der Waals surface area contributed by atoms with Gasteiger partial charge in [-0.1, -0.05) is 6.07 Å². The van der Waals surface area contributed by atoms with Crippen molar-refractivity contribution in [3.8, 4) is 6.07 Å². The van der Waals surface area contributed by atoms with Crippen LogP contribution >= 0.6 is 0 Å². The van der Waals surface area contributed by atoms with Crippen LogP contribution < -0.4 is 5.32 Å². The molecule has 0 aromatic heterocycles. The molecule has 6 nitrogen and oxygen atoms in total. The topological polar surface area (TPSA) is 79.6 Å². The molecule has 1 aromatic rings.